The minimum Gasteiger partial charge on any atom is -0.481 e. The van der Waals surface area contributed by atoms with Gasteiger partial charge in [0.25, 0.3) is 0 Å². The van der Waals surface area contributed by atoms with Gasteiger partial charge >= 0.3 is 5.97 Å². The van der Waals surface area contributed by atoms with Crippen LogP contribution in [0.3, 0.4) is 0 Å². The number of carbonyl (C=O) groups is 2. The summed E-state index contributed by atoms with van der Waals surface area (Å²) in [6.45, 7) is 3.36. The third-order valence-electron chi connectivity index (χ3n) is 3.90. The summed E-state index contributed by atoms with van der Waals surface area (Å²) in [6, 6.07) is 0. The average Bonchev–Trinajstić information content (AvgIpc) is 3.03. The molecule has 0 radical (unpaired) electrons. The van der Waals surface area contributed by atoms with Gasteiger partial charge in [0, 0.05) is 25.5 Å². The normalized spacial score (nSPS) is 25.6. The van der Waals surface area contributed by atoms with E-state index in [-0.39, 0.29) is 11.8 Å². The number of hydrogen-bond donors (Lipinski definition) is 2. The highest BCUT2D eigenvalue weighted by Crippen LogP contribution is 2.36. The van der Waals surface area contributed by atoms with Crippen molar-refractivity contribution in [2.75, 3.05) is 6.54 Å². The van der Waals surface area contributed by atoms with Gasteiger partial charge in [-0.25, -0.2) is 4.98 Å². The van der Waals surface area contributed by atoms with Crippen molar-refractivity contribution in [2.45, 2.75) is 32.7 Å². The SMILES string of the molecule is CC1C[C@H](C(=O)NCCCn2ccnc2)[C@H](C(=O)O)C1. The number of rotatable bonds is 6. The first-order valence-corrected chi connectivity index (χ1v) is 7.04. The maximum absolute atomic E-state index is 12.1. The van der Waals surface area contributed by atoms with Crippen molar-refractivity contribution in [3.8, 4) is 0 Å². The van der Waals surface area contributed by atoms with Crippen molar-refractivity contribution in [2.24, 2.45) is 17.8 Å². The van der Waals surface area contributed by atoms with Crippen LogP contribution in [0.4, 0.5) is 0 Å². The zero-order chi connectivity index (χ0) is 14.5. The van der Waals surface area contributed by atoms with Gasteiger partial charge in [-0.1, -0.05) is 6.92 Å². The minimum atomic E-state index is -0.854. The number of aryl methyl sites for hydroxylation is 1. The molecule has 2 rings (SSSR count). The van der Waals surface area contributed by atoms with E-state index in [1.165, 1.54) is 0 Å². The van der Waals surface area contributed by atoms with Gasteiger partial charge in [0.15, 0.2) is 0 Å². The van der Waals surface area contributed by atoms with Gasteiger partial charge in [-0.2, -0.15) is 0 Å². The molecule has 2 N–H and O–H groups in total. The first-order valence-electron chi connectivity index (χ1n) is 7.04. The van der Waals surface area contributed by atoms with Crippen LogP contribution in [0.1, 0.15) is 26.2 Å². The number of carboxylic acid groups (broad SMARTS) is 1. The van der Waals surface area contributed by atoms with Crippen molar-refractivity contribution >= 4 is 11.9 Å². The summed E-state index contributed by atoms with van der Waals surface area (Å²) >= 11 is 0. The third kappa shape index (κ3) is 3.59. The van der Waals surface area contributed by atoms with Crippen LogP contribution < -0.4 is 5.32 Å². The molecule has 0 bridgehead atoms. The first-order chi connectivity index (χ1) is 9.58. The second-order valence-electron chi connectivity index (χ2n) is 5.57. The summed E-state index contributed by atoms with van der Waals surface area (Å²) in [5.41, 5.74) is 0. The lowest BCUT2D eigenvalue weighted by Gasteiger charge is -2.15. The van der Waals surface area contributed by atoms with Crippen molar-refractivity contribution in [1.29, 1.82) is 0 Å². The quantitative estimate of drug-likeness (QED) is 0.765. The Morgan fingerprint density at radius 1 is 1.40 bits per heavy atom. The van der Waals surface area contributed by atoms with E-state index in [0.29, 0.717) is 25.3 Å². The fraction of sp³-hybridized carbons (Fsp3) is 0.643. The molecule has 3 atom stereocenters. The molecule has 1 aromatic heterocycles. The highest BCUT2D eigenvalue weighted by Gasteiger charge is 2.40. The molecule has 0 saturated heterocycles. The third-order valence-corrected chi connectivity index (χ3v) is 3.90. The highest BCUT2D eigenvalue weighted by atomic mass is 16.4. The zero-order valence-electron chi connectivity index (χ0n) is 11.7. The number of aromatic nitrogens is 2. The molecule has 0 spiro atoms. The Hall–Kier alpha value is -1.85. The molecule has 1 aromatic rings. The summed E-state index contributed by atoms with van der Waals surface area (Å²) in [5.74, 6) is -1.58. The van der Waals surface area contributed by atoms with E-state index in [4.69, 9.17) is 5.11 Å². The van der Waals surface area contributed by atoms with Gasteiger partial charge in [-0.3, -0.25) is 9.59 Å². The summed E-state index contributed by atoms with van der Waals surface area (Å²) in [6.07, 6.45) is 7.41. The van der Waals surface area contributed by atoms with Gasteiger partial charge in [-0.05, 0) is 25.2 Å². The fourth-order valence-corrected chi connectivity index (χ4v) is 2.88. The standard InChI is InChI=1S/C14H21N3O3/c1-10-7-11(12(8-10)14(19)20)13(18)16-3-2-5-17-6-4-15-9-17/h4,6,9-12H,2-3,5,7-8H2,1H3,(H,16,18)(H,19,20)/t10?,11-,12+/m0/s1. The molecule has 1 saturated carbocycles. The molecule has 1 aliphatic carbocycles. The molecule has 0 aliphatic heterocycles. The Morgan fingerprint density at radius 2 is 2.15 bits per heavy atom. The van der Waals surface area contributed by atoms with E-state index in [0.717, 1.165) is 13.0 Å². The Morgan fingerprint density at radius 3 is 2.80 bits per heavy atom. The average molecular weight is 279 g/mol. The number of carboxylic acids is 1. The summed E-state index contributed by atoms with van der Waals surface area (Å²) in [4.78, 5) is 27.2. The molecule has 1 aliphatic rings. The largest absolute Gasteiger partial charge is 0.481 e. The molecule has 110 valence electrons. The number of nitrogens with one attached hydrogen (secondary N) is 1. The number of amides is 1. The zero-order valence-corrected chi connectivity index (χ0v) is 11.7. The van der Waals surface area contributed by atoms with E-state index in [1.54, 1.807) is 12.5 Å². The molecule has 0 aromatic carbocycles. The van der Waals surface area contributed by atoms with Crippen LogP contribution in [0.5, 0.6) is 0 Å². The molecular formula is C14H21N3O3. The molecule has 20 heavy (non-hydrogen) atoms. The predicted octanol–water partition coefficient (Wildman–Crippen LogP) is 1.14. The summed E-state index contributed by atoms with van der Waals surface area (Å²) < 4.78 is 1.95. The monoisotopic (exact) mass is 279 g/mol. The fourth-order valence-electron chi connectivity index (χ4n) is 2.88. The van der Waals surface area contributed by atoms with Crippen LogP contribution in [-0.4, -0.2) is 33.1 Å². The lowest BCUT2D eigenvalue weighted by atomic mass is 9.95. The van der Waals surface area contributed by atoms with Crippen molar-refractivity contribution in [3.05, 3.63) is 18.7 Å². The second kappa shape index (κ2) is 6.54. The highest BCUT2D eigenvalue weighted by molar-refractivity contribution is 5.85. The molecule has 1 fully saturated rings. The van der Waals surface area contributed by atoms with Crippen LogP contribution in [0.25, 0.3) is 0 Å². The Kier molecular flexibility index (Phi) is 4.76. The summed E-state index contributed by atoms with van der Waals surface area (Å²) in [7, 11) is 0. The van der Waals surface area contributed by atoms with Crippen LogP contribution in [-0.2, 0) is 16.1 Å². The number of carbonyl (C=O) groups excluding carboxylic acids is 1. The maximum Gasteiger partial charge on any atom is 0.307 e. The lowest BCUT2D eigenvalue weighted by molar-refractivity contribution is -0.146. The predicted molar refractivity (Wildman–Crippen MR) is 72.9 cm³/mol. The van der Waals surface area contributed by atoms with Crippen LogP contribution >= 0.6 is 0 Å². The molecular weight excluding hydrogens is 258 g/mol. The van der Waals surface area contributed by atoms with E-state index < -0.39 is 11.9 Å². The van der Waals surface area contributed by atoms with Gasteiger partial charge in [0.2, 0.25) is 5.91 Å². The van der Waals surface area contributed by atoms with E-state index in [1.807, 2.05) is 17.7 Å². The number of imidazole rings is 1. The Labute approximate surface area is 118 Å². The second-order valence-corrected chi connectivity index (χ2v) is 5.57. The van der Waals surface area contributed by atoms with Crippen molar-refractivity contribution in [1.82, 2.24) is 14.9 Å². The maximum atomic E-state index is 12.1. The van der Waals surface area contributed by atoms with Crippen molar-refractivity contribution < 1.29 is 14.7 Å². The van der Waals surface area contributed by atoms with Gasteiger partial charge in [0.05, 0.1) is 18.2 Å². The van der Waals surface area contributed by atoms with E-state index in [9.17, 15) is 9.59 Å². The first kappa shape index (κ1) is 14.6. The molecule has 6 nitrogen and oxygen atoms in total. The van der Waals surface area contributed by atoms with Gasteiger partial charge in [-0.15, -0.1) is 0 Å². The summed E-state index contributed by atoms with van der Waals surface area (Å²) in [5, 5.41) is 12.0. The smallest absolute Gasteiger partial charge is 0.307 e. The molecule has 1 unspecified atom stereocenters. The topological polar surface area (TPSA) is 84.2 Å². The number of hydrogen-bond acceptors (Lipinski definition) is 3. The number of aliphatic carboxylic acids is 1. The Bertz CT molecular complexity index is 458. The van der Waals surface area contributed by atoms with Gasteiger partial charge in [0.1, 0.15) is 0 Å². The minimum absolute atomic E-state index is 0.118. The van der Waals surface area contributed by atoms with Crippen molar-refractivity contribution in [3.63, 3.8) is 0 Å². The van der Waals surface area contributed by atoms with E-state index >= 15 is 0 Å². The van der Waals surface area contributed by atoms with Gasteiger partial charge < -0.3 is 15.0 Å². The van der Waals surface area contributed by atoms with Crippen LogP contribution in [0, 0.1) is 17.8 Å². The Balaban J connectivity index is 1.75. The van der Waals surface area contributed by atoms with E-state index in [2.05, 4.69) is 10.3 Å². The molecule has 1 heterocycles. The lowest BCUT2D eigenvalue weighted by Crippen LogP contribution is -2.36. The van der Waals surface area contributed by atoms with Crippen LogP contribution in [0.2, 0.25) is 0 Å². The van der Waals surface area contributed by atoms with Crippen LogP contribution in [0.15, 0.2) is 18.7 Å². The number of nitrogens with zero attached hydrogens (tertiary/aromatic N) is 2. The molecule has 1 amide bonds. The molecule has 6 heteroatoms.